The van der Waals surface area contributed by atoms with Gasteiger partial charge in [-0.2, -0.15) is 18.3 Å². The van der Waals surface area contributed by atoms with Crippen molar-refractivity contribution in [3.63, 3.8) is 0 Å². The quantitative estimate of drug-likeness (QED) is 0.552. The lowest BCUT2D eigenvalue weighted by molar-refractivity contribution is -0.137. The Morgan fingerprint density at radius 1 is 1.23 bits per heavy atom. The van der Waals surface area contributed by atoms with Crippen molar-refractivity contribution < 1.29 is 22.4 Å². The molecule has 0 saturated heterocycles. The molecule has 1 aliphatic heterocycles. The third kappa shape index (κ3) is 4.27. The average molecular weight is 457 g/mol. The fourth-order valence-corrected chi connectivity index (χ4v) is 3.82. The van der Waals surface area contributed by atoms with Gasteiger partial charge in [-0.1, -0.05) is 22.9 Å². The Bertz CT molecular complexity index is 1110. The molecule has 3 heterocycles. The molecule has 0 unspecified atom stereocenters. The fourth-order valence-electron chi connectivity index (χ4n) is 3.51. The van der Waals surface area contributed by atoms with Crippen LogP contribution < -0.4 is 0 Å². The second kappa shape index (κ2) is 8.29. The second-order valence-electron chi connectivity index (χ2n) is 7.04. The van der Waals surface area contributed by atoms with Crippen LogP contribution in [-0.4, -0.2) is 48.8 Å². The molecule has 12 heteroatoms. The Hall–Kier alpha value is -2.95. The number of aryl methyl sites for hydroxylation is 1. The van der Waals surface area contributed by atoms with Crippen LogP contribution in [0.15, 0.2) is 30.5 Å². The van der Waals surface area contributed by atoms with E-state index in [0.717, 1.165) is 17.8 Å². The summed E-state index contributed by atoms with van der Waals surface area (Å²) in [5, 5.41) is 11.9. The molecule has 0 N–H and O–H groups in total. The van der Waals surface area contributed by atoms with Gasteiger partial charge in [-0.25, -0.2) is 9.07 Å². The maximum Gasteiger partial charge on any atom is 0.417 e. The zero-order chi connectivity index (χ0) is 22.2. The van der Waals surface area contributed by atoms with Crippen LogP contribution in [0, 0.1) is 0 Å². The first kappa shape index (κ1) is 21.3. The minimum Gasteiger partial charge on any atom is -0.332 e. The first-order valence-corrected chi connectivity index (χ1v) is 9.80. The number of benzene rings is 1. The molecule has 0 radical (unpaired) electrons. The summed E-state index contributed by atoms with van der Waals surface area (Å²) in [4.78, 5) is 14.2. The van der Waals surface area contributed by atoms with E-state index in [-0.39, 0.29) is 25.2 Å². The molecule has 0 spiro atoms. The van der Waals surface area contributed by atoms with E-state index in [1.807, 2.05) is 0 Å². The molecule has 31 heavy (non-hydrogen) atoms. The zero-order valence-electron chi connectivity index (χ0n) is 16.1. The first-order chi connectivity index (χ1) is 14.8. The summed E-state index contributed by atoms with van der Waals surface area (Å²) in [6.45, 7) is 0.387. The van der Waals surface area contributed by atoms with Gasteiger partial charge in [-0.05, 0) is 18.2 Å². The molecule has 2 aromatic heterocycles. The van der Waals surface area contributed by atoms with Gasteiger partial charge in [0.2, 0.25) is 0 Å². The summed E-state index contributed by atoms with van der Waals surface area (Å²) < 4.78 is 54.9. The van der Waals surface area contributed by atoms with Gasteiger partial charge in [0, 0.05) is 19.2 Å². The number of hydrogen-bond donors (Lipinski definition) is 0. The van der Waals surface area contributed by atoms with E-state index in [1.54, 1.807) is 16.9 Å². The summed E-state index contributed by atoms with van der Waals surface area (Å²) in [5.74, 6) is -0.596. The van der Waals surface area contributed by atoms with Gasteiger partial charge in [-0.15, -0.1) is 5.10 Å². The summed E-state index contributed by atoms with van der Waals surface area (Å²) in [5.41, 5.74) is 0.821. The van der Waals surface area contributed by atoms with E-state index in [2.05, 4.69) is 15.4 Å². The number of carbonyl (C=O) groups excluding carboxylic acids is 1. The Morgan fingerprint density at radius 2 is 2.03 bits per heavy atom. The molecular weight excluding hydrogens is 440 g/mol. The van der Waals surface area contributed by atoms with Crippen molar-refractivity contribution in [2.24, 2.45) is 0 Å². The van der Waals surface area contributed by atoms with Gasteiger partial charge in [-0.3, -0.25) is 9.48 Å². The van der Waals surface area contributed by atoms with Crippen LogP contribution in [0.25, 0.3) is 0 Å². The summed E-state index contributed by atoms with van der Waals surface area (Å²) in [6.07, 6.45) is -2.55. The van der Waals surface area contributed by atoms with Crippen molar-refractivity contribution in [3.8, 4) is 0 Å². The predicted octanol–water partition coefficient (Wildman–Crippen LogP) is 3.36. The maximum absolute atomic E-state index is 13.1. The number of nitrogens with zero attached hydrogens (tertiary/aromatic N) is 6. The molecule has 1 aromatic carbocycles. The highest BCUT2D eigenvalue weighted by Crippen LogP contribution is 2.36. The SMILES string of the molecule is O=C(c1cccc(C(F)(F)F)c1Cl)N1CCc2c(nnn2Cc2ccn(CCF)n2)C1. The lowest BCUT2D eigenvalue weighted by Gasteiger charge is -2.27. The van der Waals surface area contributed by atoms with Crippen LogP contribution >= 0.6 is 11.6 Å². The molecule has 0 atom stereocenters. The van der Waals surface area contributed by atoms with E-state index in [0.29, 0.717) is 24.4 Å². The molecule has 7 nitrogen and oxygen atoms in total. The van der Waals surface area contributed by atoms with Gasteiger partial charge in [0.05, 0.1) is 47.2 Å². The first-order valence-electron chi connectivity index (χ1n) is 9.42. The Balaban J connectivity index is 1.50. The molecule has 164 valence electrons. The predicted molar refractivity (Wildman–Crippen MR) is 102 cm³/mol. The van der Waals surface area contributed by atoms with Crippen LogP contribution in [0.2, 0.25) is 5.02 Å². The lowest BCUT2D eigenvalue weighted by Crippen LogP contribution is -2.37. The summed E-state index contributed by atoms with van der Waals surface area (Å²) >= 11 is 5.89. The molecular formula is C19H17ClF4N6O. The van der Waals surface area contributed by atoms with Crippen LogP contribution in [0.5, 0.6) is 0 Å². The number of rotatable bonds is 5. The van der Waals surface area contributed by atoms with Gasteiger partial charge < -0.3 is 4.90 Å². The van der Waals surface area contributed by atoms with E-state index in [4.69, 9.17) is 11.6 Å². The number of amides is 1. The molecule has 0 aliphatic carbocycles. The van der Waals surface area contributed by atoms with Crippen molar-refractivity contribution in [3.05, 3.63) is 63.7 Å². The monoisotopic (exact) mass is 456 g/mol. The van der Waals surface area contributed by atoms with E-state index in [9.17, 15) is 22.4 Å². The van der Waals surface area contributed by atoms with Crippen molar-refractivity contribution >= 4 is 17.5 Å². The molecule has 0 bridgehead atoms. The van der Waals surface area contributed by atoms with Crippen molar-refractivity contribution in [1.29, 1.82) is 0 Å². The highest BCUT2D eigenvalue weighted by Gasteiger charge is 2.36. The number of hydrogen-bond acceptors (Lipinski definition) is 4. The van der Waals surface area contributed by atoms with Crippen LogP contribution in [-0.2, 0) is 32.2 Å². The summed E-state index contributed by atoms with van der Waals surface area (Å²) in [7, 11) is 0. The third-order valence-electron chi connectivity index (χ3n) is 5.02. The van der Waals surface area contributed by atoms with Crippen LogP contribution in [0.3, 0.4) is 0 Å². The Morgan fingerprint density at radius 3 is 2.77 bits per heavy atom. The minimum absolute atomic E-state index is 0.108. The maximum atomic E-state index is 13.1. The third-order valence-corrected chi connectivity index (χ3v) is 5.43. The lowest BCUT2D eigenvalue weighted by atomic mass is 10.1. The highest BCUT2D eigenvalue weighted by atomic mass is 35.5. The zero-order valence-corrected chi connectivity index (χ0v) is 16.9. The minimum atomic E-state index is -4.65. The normalized spacial score (nSPS) is 14.0. The van der Waals surface area contributed by atoms with Gasteiger partial charge in [0.15, 0.2) is 0 Å². The van der Waals surface area contributed by atoms with Crippen LogP contribution in [0.1, 0.15) is 33.0 Å². The van der Waals surface area contributed by atoms with E-state index >= 15 is 0 Å². The van der Waals surface area contributed by atoms with Crippen molar-refractivity contribution in [2.45, 2.75) is 32.2 Å². The molecule has 1 aliphatic rings. The largest absolute Gasteiger partial charge is 0.417 e. The Labute approximate surface area is 179 Å². The van der Waals surface area contributed by atoms with Crippen molar-refractivity contribution in [1.82, 2.24) is 29.7 Å². The number of halogens is 5. The van der Waals surface area contributed by atoms with E-state index in [1.165, 1.54) is 15.6 Å². The van der Waals surface area contributed by atoms with Gasteiger partial charge in [0.25, 0.3) is 5.91 Å². The second-order valence-corrected chi connectivity index (χ2v) is 7.42. The topological polar surface area (TPSA) is 68.8 Å². The summed E-state index contributed by atoms with van der Waals surface area (Å²) in [6, 6.07) is 5.04. The molecule has 0 fully saturated rings. The average Bonchev–Trinajstić information content (AvgIpc) is 3.34. The highest BCUT2D eigenvalue weighted by molar-refractivity contribution is 6.34. The molecule has 1 amide bonds. The molecule has 0 saturated carbocycles. The standard InChI is InChI=1S/C19H17ClF4N6O/c20-17-13(2-1-3-14(17)19(22,23)24)18(31)28-7-5-16-15(11-28)25-27-30(16)10-12-4-8-29(26-12)9-6-21/h1-4,8H,5-7,9-11H2. The number of fused-ring (bicyclic) bond motifs is 1. The van der Waals surface area contributed by atoms with E-state index < -0.39 is 29.3 Å². The fraction of sp³-hybridized carbons (Fsp3) is 0.368. The molecule has 3 aromatic rings. The van der Waals surface area contributed by atoms with Gasteiger partial charge in [0.1, 0.15) is 12.4 Å². The smallest absolute Gasteiger partial charge is 0.332 e. The van der Waals surface area contributed by atoms with Crippen LogP contribution in [0.4, 0.5) is 17.6 Å². The number of aromatic nitrogens is 5. The Kier molecular flexibility index (Phi) is 5.69. The number of carbonyl (C=O) groups is 1. The van der Waals surface area contributed by atoms with Crippen molar-refractivity contribution in [2.75, 3.05) is 13.2 Å². The number of alkyl halides is 4. The molecule has 4 rings (SSSR count). The van der Waals surface area contributed by atoms with Gasteiger partial charge >= 0.3 is 6.18 Å².